The molecule has 114 valence electrons. The average molecular weight is 310 g/mol. The average Bonchev–Trinajstić information content (AvgIpc) is 2.44. The monoisotopic (exact) mass is 310 g/mol. The molecule has 0 aromatic heterocycles. The van der Waals surface area contributed by atoms with E-state index in [1.807, 2.05) is 0 Å². The van der Waals surface area contributed by atoms with Gasteiger partial charge < -0.3 is 5.11 Å². The van der Waals surface area contributed by atoms with Crippen molar-refractivity contribution < 1.29 is 27.5 Å². The van der Waals surface area contributed by atoms with Crippen molar-refractivity contribution in [2.24, 2.45) is 0 Å². The molecule has 2 rings (SSSR count). The molecule has 22 heavy (non-hydrogen) atoms. The summed E-state index contributed by atoms with van der Waals surface area (Å²) in [4.78, 5) is 10.4. The van der Waals surface area contributed by atoms with Gasteiger partial charge in [0.2, 0.25) is 0 Å². The zero-order valence-corrected chi connectivity index (χ0v) is 11.1. The Hall–Kier alpha value is -2.63. The van der Waals surface area contributed by atoms with Crippen LogP contribution in [0.25, 0.3) is 17.2 Å². The van der Waals surface area contributed by atoms with Crippen LogP contribution >= 0.6 is 0 Å². The Morgan fingerprint density at radius 3 is 2.41 bits per heavy atom. The van der Waals surface area contributed by atoms with E-state index in [2.05, 4.69) is 0 Å². The lowest BCUT2D eigenvalue weighted by molar-refractivity contribution is -0.137. The molecule has 0 radical (unpaired) electrons. The number of hydrogen-bond donors (Lipinski definition) is 1. The maximum absolute atomic E-state index is 13.2. The summed E-state index contributed by atoms with van der Waals surface area (Å²) in [5.41, 5.74) is -0.930. The lowest BCUT2D eigenvalue weighted by Gasteiger charge is -2.14. The largest absolute Gasteiger partial charge is 0.478 e. The van der Waals surface area contributed by atoms with Crippen LogP contribution in [0, 0.1) is 5.82 Å². The van der Waals surface area contributed by atoms with Crippen LogP contribution in [0.5, 0.6) is 0 Å². The first-order valence-corrected chi connectivity index (χ1v) is 6.15. The molecule has 0 aliphatic rings. The first-order chi connectivity index (χ1) is 10.3. The Labute approximate surface area is 123 Å². The van der Waals surface area contributed by atoms with Gasteiger partial charge in [-0.15, -0.1) is 0 Å². The topological polar surface area (TPSA) is 37.3 Å². The van der Waals surface area contributed by atoms with Crippen molar-refractivity contribution in [3.05, 3.63) is 65.5 Å². The van der Waals surface area contributed by atoms with E-state index < -0.39 is 23.5 Å². The number of carbonyl (C=O) groups is 1. The zero-order valence-electron chi connectivity index (χ0n) is 11.1. The molecule has 0 amide bonds. The number of alkyl halides is 3. The van der Waals surface area contributed by atoms with Crippen molar-refractivity contribution in [3.8, 4) is 11.1 Å². The summed E-state index contributed by atoms with van der Waals surface area (Å²) in [5, 5.41) is 8.52. The maximum atomic E-state index is 13.2. The minimum atomic E-state index is -4.64. The number of carboxylic acid groups (broad SMARTS) is 1. The molecule has 2 aromatic carbocycles. The van der Waals surface area contributed by atoms with Crippen molar-refractivity contribution in [3.63, 3.8) is 0 Å². The summed E-state index contributed by atoms with van der Waals surface area (Å²) in [6.45, 7) is 0. The second-order valence-corrected chi connectivity index (χ2v) is 4.48. The Morgan fingerprint density at radius 1 is 1.09 bits per heavy atom. The number of aliphatic carboxylic acids is 1. The number of halogens is 4. The summed E-state index contributed by atoms with van der Waals surface area (Å²) in [6, 6.07) is 8.22. The highest BCUT2D eigenvalue weighted by atomic mass is 19.4. The van der Waals surface area contributed by atoms with Gasteiger partial charge >= 0.3 is 12.1 Å². The van der Waals surface area contributed by atoms with Crippen LogP contribution < -0.4 is 0 Å². The molecular formula is C16H10F4O2. The Kier molecular flexibility index (Phi) is 4.30. The third-order valence-corrected chi connectivity index (χ3v) is 2.90. The van der Waals surface area contributed by atoms with E-state index in [0.29, 0.717) is 0 Å². The van der Waals surface area contributed by atoms with Gasteiger partial charge in [0.05, 0.1) is 5.56 Å². The molecule has 0 bridgehead atoms. The maximum Gasteiger partial charge on any atom is 0.417 e. The fraction of sp³-hybridized carbons (Fsp3) is 0.0625. The van der Waals surface area contributed by atoms with Crippen LogP contribution in [-0.2, 0) is 11.0 Å². The van der Waals surface area contributed by atoms with Gasteiger partial charge in [-0.1, -0.05) is 24.3 Å². The Bertz CT molecular complexity index is 733. The predicted octanol–water partition coefficient (Wildman–Crippen LogP) is 4.61. The van der Waals surface area contributed by atoms with Crippen molar-refractivity contribution in [2.75, 3.05) is 0 Å². The zero-order chi connectivity index (χ0) is 16.3. The van der Waals surface area contributed by atoms with Crippen molar-refractivity contribution in [2.45, 2.75) is 6.18 Å². The number of hydrogen-bond acceptors (Lipinski definition) is 1. The Morgan fingerprint density at radius 2 is 1.82 bits per heavy atom. The first kappa shape index (κ1) is 15.8. The van der Waals surface area contributed by atoms with Crippen molar-refractivity contribution in [1.29, 1.82) is 0 Å². The van der Waals surface area contributed by atoms with E-state index in [1.165, 1.54) is 24.3 Å². The van der Waals surface area contributed by atoms with Gasteiger partial charge in [0.1, 0.15) is 5.82 Å². The minimum Gasteiger partial charge on any atom is -0.478 e. The molecule has 6 heteroatoms. The van der Waals surface area contributed by atoms with Gasteiger partial charge in [-0.05, 0) is 41.0 Å². The molecule has 0 saturated heterocycles. The van der Waals surface area contributed by atoms with E-state index in [-0.39, 0.29) is 16.7 Å². The summed E-state index contributed by atoms with van der Waals surface area (Å²) in [5.74, 6) is -1.90. The molecule has 0 fully saturated rings. The van der Waals surface area contributed by atoms with Gasteiger partial charge in [0, 0.05) is 6.08 Å². The van der Waals surface area contributed by atoms with Crippen molar-refractivity contribution in [1.82, 2.24) is 0 Å². The van der Waals surface area contributed by atoms with E-state index in [1.54, 1.807) is 0 Å². The highest BCUT2D eigenvalue weighted by Gasteiger charge is 2.33. The van der Waals surface area contributed by atoms with Crippen LogP contribution in [0.15, 0.2) is 48.5 Å². The van der Waals surface area contributed by atoms with Crippen LogP contribution in [0.1, 0.15) is 11.1 Å². The molecule has 0 unspecified atom stereocenters. The van der Waals surface area contributed by atoms with E-state index >= 15 is 0 Å². The molecule has 0 saturated carbocycles. The third-order valence-electron chi connectivity index (χ3n) is 2.90. The van der Waals surface area contributed by atoms with Crippen molar-refractivity contribution >= 4 is 12.0 Å². The van der Waals surface area contributed by atoms with Gasteiger partial charge in [-0.3, -0.25) is 0 Å². The number of benzene rings is 2. The normalized spacial score (nSPS) is 11.8. The quantitative estimate of drug-likeness (QED) is 0.664. The second-order valence-electron chi connectivity index (χ2n) is 4.48. The molecule has 2 nitrogen and oxygen atoms in total. The summed E-state index contributed by atoms with van der Waals surface area (Å²) in [7, 11) is 0. The van der Waals surface area contributed by atoms with Crippen LogP contribution in [0.2, 0.25) is 0 Å². The molecular weight excluding hydrogens is 300 g/mol. The van der Waals surface area contributed by atoms with Gasteiger partial charge in [0.15, 0.2) is 0 Å². The fourth-order valence-electron chi connectivity index (χ4n) is 1.98. The van der Waals surface area contributed by atoms with Gasteiger partial charge in [-0.2, -0.15) is 13.2 Å². The standard InChI is InChI=1S/C16H10F4O2/c17-12-3-1-2-11(9-12)13-6-4-10(5-7-15(21)22)8-14(13)16(18,19)20/h1-9H,(H,21,22)/b7-5+. The summed E-state index contributed by atoms with van der Waals surface area (Å²) < 4.78 is 52.8. The predicted molar refractivity (Wildman–Crippen MR) is 73.5 cm³/mol. The molecule has 0 aliphatic heterocycles. The lowest BCUT2D eigenvalue weighted by Crippen LogP contribution is -2.07. The highest BCUT2D eigenvalue weighted by Crippen LogP contribution is 2.38. The van der Waals surface area contributed by atoms with Crippen LogP contribution in [0.4, 0.5) is 17.6 Å². The molecule has 0 atom stereocenters. The smallest absolute Gasteiger partial charge is 0.417 e. The Balaban J connectivity index is 2.57. The van der Waals surface area contributed by atoms with Gasteiger partial charge in [-0.25, -0.2) is 9.18 Å². The number of carboxylic acids is 1. The number of rotatable bonds is 3. The molecule has 0 spiro atoms. The molecule has 1 N–H and O–H groups in total. The fourth-order valence-corrected chi connectivity index (χ4v) is 1.98. The minimum absolute atomic E-state index is 0.0925. The van der Waals surface area contributed by atoms with E-state index in [4.69, 9.17) is 5.11 Å². The van der Waals surface area contributed by atoms with Crippen LogP contribution in [0.3, 0.4) is 0 Å². The molecule has 0 aliphatic carbocycles. The first-order valence-electron chi connectivity index (χ1n) is 6.15. The summed E-state index contributed by atoms with van der Waals surface area (Å²) >= 11 is 0. The van der Waals surface area contributed by atoms with Gasteiger partial charge in [0.25, 0.3) is 0 Å². The second kappa shape index (κ2) is 6.01. The van der Waals surface area contributed by atoms with E-state index in [9.17, 15) is 22.4 Å². The molecule has 2 aromatic rings. The summed E-state index contributed by atoms with van der Waals surface area (Å²) in [6.07, 6.45) is -2.83. The van der Waals surface area contributed by atoms with E-state index in [0.717, 1.165) is 30.4 Å². The highest BCUT2D eigenvalue weighted by molar-refractivity contribution is 5.85. The SMILES string of the molecule is O=C(O)/C=C/c1ccc(-c2cccc(F)c2)c(C(F)(F)F)c1. The lowest BCUT2D eigenvalue weighted by atomic mass is 9.97. The third kappa shape index (κ3) is 3.72. The molecule has 0 heterocycles. The van der Waals surface area contributed by atoms with Crippen LogP contribution in [-0.4, -0.2) is 11.1 Å².